The van der Waals surface area contributed by atoms with Crippen LogP contribution < -0.4 is 10.2 Å². The highest BCUT2D eigenvalue weighted by Gasteiger charge is 2.11. The van der Waals surface area contributed by atoms with Crippen LogP contribution >= 0.6 is 22.6 Å². The topological polar surface area (TPSA) is 67.8 Å². The molecule has 0 saturated heterocycles. The molecule has 0 aliphatic heterocycles. The van der Waals surface area contributed by atoms with Crippen LogP contribution in [-0.4, -0.2) is 18.1 Å². The molecule has 1 amide bonds. The Hall–Kier alpha value is -2.22. The summed E-state index contributed by atoms with van der Waals surface area (Å²) in [7, 11) is 0. The number of hydrogen-bond donors (Lipinski definition) is 1. The van der Waals surface area contributed by atoms with Crippen molar-refractivity contribution in [2.45, 2.75) is 71.1 Å². The second-order valence-electron chi connectivity index (χ2n) is 7.81. The molecule has 5 nitrogen and oxygen atoms in total. The minimum Gasteiger partial charge on any atom is -0.423 e. The van der Waals surface area contributed by atoms with E-state index in [9.17, 15) is 9.59 Å². The standard InChI is InChI=1S/C26H33IN2O3/c1-2-3-4-5-6-7-8-9-10-15-25(30)29-28-20-21-16-18-22(19-17-21)32-26(31)23-13-11-12-14-24(23)27/h11-14,16-20H,2-10,15H2,1H3,(H,29,30)/b28-20+. The summed E-state index contributed by atoms with van der Waals surface area (Å²) in [6.45, 7) is 2.23. The number of nitrogens with one attached hydrogen (secondary N) is 1. The van der Waals surface area contributed by atoms with Crippen molar-refractivity contribution in [3.05, 3.63) is 63.2 Å². The Kier molecular flexibility index (Phi) is 12.7. The Labute approximate surface area is 205 Å². The van der Waals surface area contributed by atoms with Gasteiger partial charge >= 0.3 is 5.97 Å². The molecule has 1 N–H and O–H groups in total. The van der Waals surface area contributed by atoms with Crippen LogP contribution in [0.5, 0.6) is 5.75 Å². The summed E-state index contributed by atoms with van der Waals surface area (Å²) >= 11 is 2.11. The van der Waals surface area contributed by atoms with Crippen molar-refractivity contribution >= 4 is 40.7 Å². The molecule has 32 heavy (non-hydrogen) atoms. The van der Waals surface area contributed by atoms with Gasteiger partial charge in [0.2, 0.25) is 5.91 Å². The first-order chi connectivity index (χ1) is 15.6. The Bertz CT molecular complexity index is 866. The Balaban J connectivity index is 1.63. The summed E-state index contributed by atoms with van der Waals surface area (Å²) in [5, 5.41) is 4.01. The molecule has 0 saturated carbocycles. The smallest absolute Gasteiger partial charge is 0.344 e. The number of ether oxygens (including phenoxy) is 1. The molecular formula is C26H33IN2O3. The average Bonchev–Trinajstić information content (AvgIpc) is 2.79. The number of halogens is 1. The number of amides is 1. The van der Waals surface area contributed by atoms with Gasteiger partial charge in [-0.15, -0.1) is 0 Å². The molecule has 0 fully saturated rings. The summed E-state index contributed by atoms with van der Waals surface area (Å²) in [6, 6.07) is 14.3. The quantitative estimate of drug-likeness (QED) is 0.0699. The fourth-order valence-corrected chi connectivity index (χ4v) is 3.85. The Morgan fingerprint density at radius 3 is 2.19 bits per heavy atom. The van der Waals surface area contributed by atoms with Gasteiger partial charge in [-0.25, -0.2) is 10.2 Å². The van der Waals surface area contributed by atoms with Crippen LogP contribution in [0.15, 0.2) is 53.6 Å². The first kappa shape index (κ1) is 26.0. The highest BCUT2D eigenvalue weighted by Crippen LogP contribution is 2.17. The van der Waals surface area contributed by atoms with Crippen LogP contribution in [0.4, 0.5) is 0 Å². The van der Waals surface area contributed by atoms with Gasteiger partial charge in [0.15, 0.2) is 0 Å². The summed E-state index contributed by atoms with van der Waals surface area (Å²) in [5.41, 5.74) is 3.92. The van der Waals surface area contributed by atoms with E-state index in [1.54, 1.807) is 36.5 Å². The predicted molar refractivity (Wildman–Crippen MR) is 138 cm³/mol. The summed E-state index contributed by atoms with van der Waals surface area (Å²) in [5.74, 6) is 0.00795. The minimum atomic E-state index is -0.389. The van der Waals surface area contributed by atoms with Gasteiger partial charge < -0.3 is 4.74 Å². The van der Waals surface area contributed by atoms with E-state index >= 15 is 0 Å². The third kappa shape index (κ3) is 10.4. The lowest BCUT2D eigenvalue weighted by molar-refractivity contribution is -0.121. The molecule has 2 aromatic carbocycles. The molecule has 0 aliphatic carbocycles. The van der Waals surface area contributed by atoms with Crippen molar-refractivity contribution < 1.29 is 14.3 Å². The van der Waals surface area contributed by atoms with Crippen LogP contribution in [0.25, 0.3) is 0 Å². The number of hydrogen-bond acceptors (Lipinski definition) is 4. The molecule has 0 atom stereocenters. The zero-order valence-electron chi connectivity index (χ0n) is 18.8. The maximum absolute atomic E-state index is 12.3. The zero-order chi connectivity index (χ0) is 23.0. The van der Waals surface area contributed by atoms with Crippen LogP contribution in [0.2, 0.25) is 0 Å². The molecule has 0 aliphatic rings. The fraction of sp³-hybridized carbons (Fsp3) is 0.423. The van der Waals surface area contributed by atoms with Crippen molar-refractivity contribution in [3.63, 3.8) is 0 Å². The fourth-order valence-electron chi connectivity index (χ4n) is 3.24. The van der Waals surface area contributed by atoms with Crippen molar-refractivity contribution in [2.75, 3.05) is 0 Å². The van der Waals surface area contributed by atoms with E-state index in [-0.39, 0.29) is 11.9 Å². The Morgan fingerprint density at radius 2 is 1.53 bits per heavy atom. The van der Waals surface area contributed by atoms with Crippen molar-refractivity contribution in [3.8, 4) is 5.75 Å². The van der Waals surface area contributed by atoms with Gasteiger partial charge in [-0.3, -0.25) is 4.79 Å². The van der Waals surface area contributed by atoms with E-state index in [2.05, 4.69) is 40.0 Å². The number of hydrazone groups is 1. The van der Waals surface area contributed by atoms with Crippen LogP contribution in [0, 0.1) is 3.57 Å². The normalized spacial score (nSPS) is 10.9. The molecule has 0 unspecified atom stereocenters. The molecule has 2 aromatic rings. The molecule has 172 valence electrons. The van der Waals surface area contributed by atoms with Gasteiger partial charge in [0.1, 0.15) is 5.75 Å². The summed E-state index contributed by atoms with van der Waals surface area (Å²) < 4.78 is 6.26. The maximum atomic E-state index is 12.3. The predicted octanol–water partition coefficient (Wildman–Crippen LogP) is 6.88. The monoisotopic (exact) mass is 548 g/mol. The highest BCUT2D eigenvalue weighted by molar-refractivity contribution is 14.1. The van der Waals surface area contributed by atoms with E-state index in [1.807, 2.05) is 18.2 Å². The molecule has 0 radical (unpaired) electrons. The number of benzene rings is 2. The Morgan fingerprint density at radius 1 is 0.906 bits per heavy atom. The van der Waals surface area contributed by atoms with E-state index in [4.69, 9.17) is 4.74 Å². The van der Waals surface area contributed by atoms with Gasteiger partial charge in [0.25, 0.3) is 0 Å². The third-order valence-electron chi connectivity index (χ3n) is 5.09. The molecule has 0 aromatic heterocycles. The zero-order valence-corrected chi connectivity index (χ0v) is 21.0. The maximum Gasteiger partial charge on any atom is 0.344 e. The second-order valence-corrected chi connectivity index (χ2v) is 8.97. The number of carbonyl (C=O) groups is 2. The van der Waals surface area contributed by atoms with Crippen molar-refractivity contribution in [2.24, 2.45) is 5.10 Å². The minimum absolute atomic E-state index is 0.0628. The molecule has 6 heteroatoms. The molecule has 0 bridgehead atoms. The van der Waals surface area contributed by atoms with Crippen LogP contribution in [0.1, 0.15) is 87.1 Å². The lowest BCUT2D eigenvalue weighted by Gasteiger charge is -2.06. The van der Waals surface area contributed by atoms with Crippen LogP contribution in [-0.2, 0) is 4.79 Å². The van der Waals surface area contributed by atoms with E-state index < -0.39 is 0 Å². The summed E-state index contributed by atoms with van der Waals surface area (Å²) in [6.07, 6.45) is 13.1. The number of carbonyl (C=O) groups excluding carboxylic acids is 2. The van der Waals surface area contributed by atoms with Gasteiger partial charge in [0.05, 0.1) is 11.8 Å². The molecule has 0 heterocycles. The van der Waals surface area contributed by atoms with Crippen molar-refractivity contribution in [1.29, 1.82) is 0 Å². The molecular weight excluding hydrogens is 515 g/mol. The molecule has 2 rings (SSSR count). The SMILES string of the molecule is CCCCCCCCCCCC(=O)N/N=C/c1ccc(OC(=O)c2ccccc2I)cc1. The van der Waals surface area contributed by atoms with E-state index in [0.717, 1.165) is 22.0 Å². The van der Waals surface area contributed by atoms with Crippen molar-refractivity contribution in [1.82, 2.24) is 5.43 Å². The van der Waals surface area contributed by atoms with Gasteiger partial charge in [-0.05, 0) is 71.0 Å². The van der Waals surface area contributed by atoms with Gasteiger partial charge in [-0.1, -0.05) is 70.4 Å². The number of unbranched alkanes of at least 4 members (excludes halogenated alkanes) is 8. The van der Waals surface area contributed by atoms with E-state index in [0.29, 0.717) is 17.7 Å². The number of nitrogens with zero attached hydrogens (tertiary/aromatic N) is 1. The van der Waals surface area contributed by atoms with E-state index in [1.165, 1.54) is 44.9 Å². The molecule has 0 spiro atoms. The first-order valence-corrected chi connectivity index (χ1v) is 12.6. The largest absolute Gasteiger partial charge is 0.423 e. The summed E-state index contributed by atoms with van der Waals surface area (Å²) in [4.78, 5) is 24.2. The second kappa shape index (κ2) is 15.6. The van der Waals surface area contributed by atoms with Gasteiger partial charge in [-0.2, -0.15) is 5.10 Å². The first-order valence-electron chi connectivity index (χ1n) is 11.5. The average molecular weight is 548 g/mol. The number of esters is 1. The van der Waals surface area contributed by atoms with Crippen LogP contribution in [0.3, 0.4) is 0 Å². The highest BCUT2D eigenvalue weighted by atomic mass is 127. The lowest BCUT2D eigenvalue weighted by atomic mass is 10.1. The lowest BCUT2D eigenvalue weighted by Crippen LogP contribution is -2.16. The third-order valence-corrected chi connectivity index (χ3v) is 6.04. The van der Waals surface area contributed by atoms with Gasteiger partial charge in [0, 0.05) is 9.99 Å². The number of rotatable bonds is 14.